The highest BCUT2D eigenvalue weighted by Crippen LogP contribution is 2.24. The lowest BCUT2D eigenvalue weighted by molar-refractivity contribution is 0.0945. The van der Waals surface area contributed by atoms with Crippen LogP contribution in [-0.4, -0.2) is 12.5 Å². The second kappa shape index (κ2) is 6.27. The summed E-state index contributed by atoms with van der Waals surface area (Å²) in [5.74, 6) is -0.573. The van der Waals surface area contributed by atoms with Crippen LogP contribution in [0.3, 0.4) is 0 Å². The predicted molar refractivity (Wildman–Crippen MR) is 83.2 cm³/mol. The SMILES string of the molecule is CC(C)(CNC(=O)c1ccc(F)cc1)c1cccc(Cl)c1. The summed E-state index contributed by atoms with van der Waals surface area (Å²) in [6.07, 6.45) is 0. The zero-order chi connectivity index (χ0) is 15.5. The molecule has 0 spiro atoms. The average molecular weight is 306 g/mol. The zero-order valence-corrected chi connectivity index (χ0v) is 12.7. The summed E-state index contributed by atoms with van der Waals surface area (Å²) in [4.78, 5) is 12.0. The molecule has 0 heterocycles. The molecule has 2 rings (SSSR count). The number of benzene rings is 2. The molecule has 0 aromatic heterocycles. The van der Waals surface area contributed by atoms with Crippen LogP contribution < -0.4 is 5.32 Å². The molecule has 0 atom stereocenters. The van der Waals surface area contributed by atoms with Gasteiger partial charge in [0, 0.05) is 22.5 Å². The lowest BCUT2D eigenvalue weighted by Crippen LogP contribution is -2.36. The van der Waals surface area contributed by atoms with Gasteiger partial charge in [-0.05, 0) is 42.0 Å². The van der Waals surface area contributed by atoms with Crippen molar-refractivity contribution in [3.8, 4) is 0 Å². The molecule has 0 saturated carbocycles. The van der Waals surface area contributed by atoms with E-state index < -0.39 is 0 Å². The summed E-state index contributed by atoms with van der Waals surface area (Å²) in [5, 5.41) is 3.54. The highest BCUT2D eigenvalue weighted by molar-refractivity contribution is 6.30. The Morgan fingerprint density at radius 2 is 1.86 bits per heavy atom. The quantitative estimate of drug-likeness (QED) is 0.901. The Morgan fingerprint density at radius 1 is 1.19 bits per heavy atom. The average Bonchev–Trinajstić information content (AvgIpc) is 2.45. The van der Waals surface area contributed by atoms with Crippen molar-refractivity contribution in [2.24, 2.45) is 0 Å². The Labute approximate surface area is 128 Å². The first-order valence-electron chi connectivity index (χ1n) is 6.68. The lowest BCUT2D eigenvalue weighted by Gasteiger charge is -2.26. The summed E-state index contributed by atoms with van der Waals surface area (Å²) in [6.45, 7) is 4.52. The van der Waals surface area contributed by atoms with Crippen molar-refractivity contribution in [2.75, 3.05) is 6.54 Å². The van der Waals surface area contributed by atoms with Gasteiger partial charge in [-0.1, -0.05) is 37.6 Å². The molecule has 0 radical (unpaired) electrons. The largest absolute Gasteiger partial charge is 0.351 e. The number of hydrogen-bond acceptors (Lipinski definition) is 1. The molecule has 110 valence electrons. The van der Waals surface area contributed by atoms with E-state index in [0.717, 1.165) is 5.56 Å². The van der Waals surface area contributed by atoms with Gasteiger partial charge in [0.15, 0.2) is 0 Å². The molecule has 0 aliphatic heterocycles. The Kier molecular flexibility index (Phi) is 4.63. The Morgan fingerprint density at radius 3 is 2.48 bits per heavy atom. The van der Waals surface area contributed by atoms with Gasteiger partial charge in [-0.3, -0.25) is 4.79 Å². The minimum Gasteiger partial charge on any atom is -0.351 e. The molecule has 2 aromatic rings. The first-order valence-corrected chi connectivity index (χ1v) is 7.06. The third-order valence-corrected chi connectivity index (χ3v) is 3.64. The van der Waals surface area contributed by atoms with E-state index in [2.05, 4.69) is 5.32 Å². The smallest absolute Gasteiger partial charge is 0.251 e. The van der Waals surface area contributed by atoms with E-state index in [9.17, 15) is 9.18 Å². The fourth-order valence-corrected chi connectivity index (χ4v) is 2.21. The molecule has 0 bridgehead atoms. The molecule has 2 nitrogen and oxygen atoms in total. The lowest BCUT2D eigenvalue weighted by atomic mass is 9.84. The van der Waals surface area contributed by atoms with Gasteiger partial charge in [-0.25, -0.2) is 4.39 Å². The molecular formula is C17H17ClFNO. The number of rotatable bonds is 4. The number of nitrogens with one attached hydrogen (secondary N) is 1. The van der Waals surface area contributed by atoms with Gasteiger partial charge >= 0.3 is 0 Å². The Bertz CT molecular complexity index is 637. The van der Waals surface area contributed by atoms with E-state index in [4.69, 9.17) is 11.6 Å². The molecule has 21 heavy (non-hydrogen) atoms. The standard InChI is InChI=1S/C17H17ClFNO/c1-17(2,13-4-3-5-14(18)10-13)11-20-16(21)12-6-8-15(19)9-7-12/h3-10H,11H2,1-2H3,(H,20,21). The van der Waals surface area contributed by atoms with E-state index in [-0.39, 0.29) is 17.1 Å². The van der Waals surface area contributed by atoms with Gasteiger partial charge in [-0.15, -0.1) is 0 Å². The summed E-state index contributed by atoms with van der Waals surface area (Å²) >= 11 is 6.00. The van der Waals surface area contributed by atoms with Crippen LogP contribution >= 0.6 is 11.6 Å². The van der Waals surface area contributed by atoms with Crippen molar-refractivity contribution >= 4 is 17.5 Å². The van der Waals surface area contributed by atoms with Crippen LogP contribution in [0.15, 0.2) is 48.5 Å². The van der Waals surface area contributed by atoms with Gasteiger partial charge in [0.05, 0.1) is 0 Å². The molecule has 0 saturated heterocycles. The van der Waals surface area contributed by atoms with Crippen molar-refractivity contribution in [3.63, 3.8) is 0 Å². The van der Waals surface area contributed by atoms with Crippen molar-refractivity contribution in [1.82, 2.24) is 5.32 Å². The van der Waals surface area contributed by atoms with E-state index in [1.165, 1.54) is 24.3 Å². The Balaban J connectivity index is 2.04. The number of amides is 1. The normalized spacial score (nSPS) is 11.2. The predicted octanol–water partition coefficient (Wildman–Crippen LogP) is 4.19. The van der Waals surface area contributed by atoms with Crippen LogP contribution in [0.5, 0.6) is 0 Å². The maximum Gasteiger partial charge on any atom is 0.251 e. The second-order valence-electron chi connectivity index (χ2n) is 5.58. The van der Waals surface area contributed by atoms with Gasteiger partial charge in [0.25, 0.3) is 5.91 Å². The van der Waals surface area contributed by atoms with E-state index in [1.807, 2.05) is 38.1 Å². The number of carbonyl (C=O) groups excluding carboxylic acids is 1. The van der Waals surface area contributed by atoms with Crippen LogP contribution in [0.4, 0.5) is 4.39 Å². The van der Waals surface area contributed by atoms with Gasteiger partial charge in [0.1, 0.15) is 5.82 Å². The third kappa shape index (κ3) is 4.05. The Hall–Kier alpha value is -1.87. The molecule has 2 aromatic carbocycles. The second-order valence-corrected chi connectivity index (χ2v) is 6.02. The highest BCUT2D eigenvalue weighted by Gasteiger charge is 2.22. The first-order chi connectivity index (χ1) is 9.88. The monoisotopic (exact) mass is 305 g/mol. The maximum atomic E-state index is 12.8. The molecule has 4 heteroatoms. The zero-order valence-electron chi connectivity index (χ0n) is 12.0. The van der Waals surface area contributed by atoms with Gasteiger partial charge in [-0.2, -0.15) is 0 Å². The summed E-state index contributed by atoms with van der Waals surface area (Å²) in [7, 11) is 0. The number of halogens is 2. The van der Waals surface area contributed by atoms with Crippen LogP contribution in [0, 0.1) is 5.82 Å². The van der Waals surface area contributed by atoms with E-state index in [0.29, 0.717) is 17.1 Å². The number of hydrogen-bond donors (Lipinski definition) is 1. The molecule has 0 fully saturated rings. The topological polar surface area (TPSA) is 29.1 Å². The summed E-state index contributed by atoms with van der Waals surface area (Å²) in [5.41, 5.74) is 1.24. The van der Waals surface area contributed by atoms with Gasteiger partial charge < -0.3 is 5.32 Å². The number of carbonyl (C=O) groups is 1. The summed E-state index contributed by atoms with van der Waals surface area (Å²) in [6, 6.07) is 13.1. The molecule has 1 N–H and O–H groups in total. The van der Waals surface area contributed by atoms with Crippen LogP contribution in [0.25, 0.3) is 0 Å². The van der Waals surface area contributed by atoms with Crippen molar-refractivity contribution in [1.29, 1.82) is 0 Å². The van der Waals surface area contributed by atoms with Crippen molar-refractivity contribution in [3.05, 3.63) is 70.5 Å². The fraction of sp³-hybridized carbons (Fsp3) is 0.235. The first kappa shape index (κ1) is 15.5. The van der Waals surface area contributed by atoms with Gasteiger partial charge in [0.2, 0.25) is 0 Å². The van der Waals surface area contributed by atoms with Crippen molar-refractivity contribution < 1.29 is 9.18 Å². The van der Waals surface area contributed by atoms with Crippen LogP contribution in [0.1, 0.15) is 29.8 Å². The fourth-order valence-electron chi connectivity index (χ4n) is 2.02. The van der Waals surface area contributed by atoms with Crippen LogP contribution in [-0.2, 0) is 5.41 Å². The van der Waals surface area contributed by atoms with Crippen molar-refractivity contribution in [2.45, 2.75) is 19.3 Å². The molecule has 1 amide bonds. The third-order valence-electron chi connectivity index (χ3n) is 3.40. The summed E-state index contributed by atoms with van der Waals surface area (Å²) < 4.78 is 12.8. The van der Waals surface area contributed by atoms with E-state index in [1.54, 1.807) is 0 Å². The molecule has 0 aliphatic rings. The molecular weight excluding hydrogens is 289 g/mol. The van der Waals surface area contributed by atoms with E-state index >= 15 is 0 Å². The van der Waals surface area contributed by atoms with Crippen LogP contribution in [0.2, 0.25) is 5.02 Å². The maximum absolute atomic E-state index is 12.8. The minimum atomic E-state index is -0.356. The molecule has 0 aliphatic carbocycles. The minimum absolute atomic E-state index is 0.217. The molecule has 0 unspecified atom stereocenters. The highest BCUT2D eigenvalue weighted by atomic mass is 35.5.